The van der Waals surface area contributed by atoms with Crippen LogP contribution in [0, 0.1) is 0 Å². The molecule has 0 fully saturated rings. The van der Waals surface area contributed by atoms with Crippen LogP contribution in [0.25, 0.3) is 0 Å². The first-order chi connectivity index (χ1) is 10.5. The molecule has 0 N–H and O–H groups in total. The van der Waals surface area contributed by atoms with Crippen molar-refractivity contribution in [3.63, 3.8) is 0 Å². The fourth-order valence-electron chi connectivity index (χ4n) is 2.36. The van der Waals surface area contributed by atoms with Gasteiger partial charge in [0.15, 0.2) is 5.78 Å². The molecule has 1 aromatic carbocycles. The number of Topliss-reactive ketones (excluding diaryl/α,β-unsaturated/α-hetero) is 1. The van der Waals surface area contributed by atoms with Gasteiger partial charge in [-0.15, -0.1) is 0 Å². The number of halogens is 1. The summed E-state index contributed by atoms with van der Waals surface area (Å²) >= 11 is 5.96. The molecule has 0 spiro atoms. The molecule has 2 amide bonds. The second-order valence-corrected chi connectivity index (χ2v) is 5.40. The van der Waals surface area contributed by atoms with Gasteiger partial charge in [0.2, 0.25) is 0 Å². The second-order valence-electron chi connectivity index (χ2n) is 4.96. The minimum atomic E-state index is -0.369. The van der Waals surface area contributed by atoms with E-state index in [9.17, 15) is 14.4 Å². The quantitative estimate of drug-likeness (QED) is 0.645. The van der Waals surface area contributed by atoms with Crippen molar-refractivity contribution in [1.82, 2.24) is 9.88 Å². The number of carbonyl (C=O) groups excluding carboxylic acids is 3. The van der Waals surface area contributed by atoms with Gasteiger partial charge in [-0.05, 0) is 24.3 Å². The summed E-state index contributed by atoms with van der Waals surface area (Å²) in [5.41, 5.74) is 1.36. The molecule has 1 aliphatic rings. The summed E-state index contributed by atoms with van der Waals surface area (Å²) in [6.45, 7) is 1.36. The van der Waals surface area contributed by atoms with E-state index in [1.54, 1.807) is 24.3 Å². The first kappa shape index (κ1) is 14.4. The smallest absolute Gasteiger partial charge is 0.261 e. The maximum absolute atomic E-state index is 12.3. The molecule has 5 nitrogen and oxygen atoms in total. The molecule has 22 heavy (non-hydrogen) atoms. The molecule has 3 rings (SSSR count). The molecule has 1 aliphatic heterocycles. The minimum Gasteiger partial charge on any atom is -0.293 e. The van der Waals surface area contributed by atoms with E-state index in [0.29, 0.717) is 21.8 Å². The van der Waals surface area contributed by atoms with Crippen molar-refractivity contribution in [1.29, 1.82) is 0 Å². The van der Waals surface area contributed by atoms with E-state index in [-0.39, 0.29) is 29.8 Å². The average molecular weight is 315 g/mol. The van der Waals surface area contributed by atoms with E-state index < -0.39 is 0 Å². The van der Waals surface area contributed by atoms with Crippen LogP contribution in [-0.4, -0.2) is 27.5 Å². The predicted octanol–water partition coefficient (Wildman–Crippen LogP) is 2.73. The van der Waals surface area contributed by atoms with Gasteiger partial charge in [-0.3, -0.25) is 19.3 Å². The number of fused-ring (bicyclic) bond motifs is 1. The molecule has 0 saturated heterocycles. The van der Waals surface area contributed by atoms with Crippen LogP contribution in [0.4, 0.5) is 0 Å². The Hall–Kier alpha value is -2.53. The fourth-order valence-corrected chi connectivity index (χ4v) is 2.59. The van der Waals surface area contributed by atoms with Crippen molar-refractivity contribution in [3.8, 4) is 0 Å². The van der Waals surface area contributed by atoms with Gasteiger partial charge in [0.25, 0.3) is 11.8 Å². The SMILES string of the molecule is CC(=O)c1cc(Cl)cc(CN2C(=O)c3ccccc3C2=O)n1. The third-order valence-electron chi connectivity index (χ3n) is 3.40. The summed E-state index contributed by atoms with van der Waals surface area (Å²) in [5, 5.41) is 0.340. The Morgan fingerprint density at radius 2 is 1.73 bits per heavy atom. The zero-order valence-corrected chi connectivity index (χ0v) is 12.4. The third-order valence-corrected chi connectivity index (χ3v) is 3.62. The Morgan fingerprint density at radius 1 is 1.14 bits per heavy atom. The molecular weight excluding hydrogens is 304 g/mol. The van der Waals surface area contributed by atoms with Crippen molar-refractivity contribution >= 4 is 29.2 Å². The number of aromatic nitrogens is 1. The molecule has 0 unspecified atom stereocenters. The van der Waals surface area contributed by atoms with Crippen LogP contribution in [0.2, 0.25) is 5.02 Å². The van der Waals surface area contributed by atoms with Gasteiger partial charge in [0.05, 0.1) is 23.4 Å². The lowest BCUT2D eigenvalue weighted by Gasteiger charge is -2.13. The molecule has 1 aromatic heterocycles. The molecule has 0 atom stereocenters. The fraction of sp³-hybridized carbons (Fsp3) is 0.125. The molecule has 0 radical (unpaired) electrons. The predicted molar refractivity (Wildman–Crippen MR) is 79.9 cm³/mol. The third kappa shape index (κ3) is 2.40. The zero-order chi connectivity index (χ0) is 15.9. The Kier molecular flexibility index (Phi) is 3.50. The average Bonchev–Trinajstić information content (AvgIpc) is 2.72. The van der Waals surface area contributed by atoms with Crippen molar-refractivity contribution in [2.24, 2.45) is 0 Å². The van der Waals surface area contributed by atoms with Crippen LogP contribution >= 0.6 is 11.6 Å². The van der Waals surface area contributed by atoms with Crippen LogP contribution in [0.15, 0.2) is 36.4 Å². The number of imide groups is 1. The van der Waals surface area contributed by atoms with Crippen LogP contribution in [0.3, 0.4) is 0 Å². The number of ketones is 1. The molecule has 6 heteroatoms. The minimum absolute atomic E-state index is 0.0206. The Morgan fingerprint density at radius 3 is 2.27 bits per heavy atom. The standard InChI is InChI=1S/C16H11ClN2O3/c1-9(20)14-7-10(17)6-11(18-14)8-19-15(21)12-4-2-3-5-13(12)16(19)22/h2-7H,8H2,1H3. The highest BCUT2D eigenvalue weighted by atomic mass is 35.5. The largest absolute Gasteiger partial charge is 0.293 e. The van der Waals surface area contributed by atoms with E-state index in [4.69, 9.17) is 11.6 Å². The van der Waals surface area contributed by atoms with E-state index in [2.05, 4.69) is 4.98 Å². The van der Waals surface area contributed by atoms with Gasteiger partial charge in [0, 0.05) is 11.9 Å². The zero-order valence-electron chi connectivity index (χ0n) is 11.7. The summed E-state index contributed by atoms with van der Waals surface area (Å²) < 4.78 is 0. The highest BCUT2D eigenvalue weighted by Gasteiger charge is 2.35. The lowest BCUT2D eigenvalue weighted by molar-refractivity contribution is 0.0640. The summed E-state index contributed by atoms with van der Waals surface area (Å²) in [7, 11) is 0. The molecular formula is C16H11ClN2O3. The lowest BCUT2D eigenvalue weighted by Crippen LogP contribution is -2.29. The van der Waals surface area contributed by atoms with Crippen molar-refractivity contribution in [2.75, 3.05) is 0 Å². The second kappa shape index (κ2) is 5.35. The Labute approximate surface area is 131 Å². The maximum Gasteiger partial charge on any atom is 0.261 e. The highest BCUT2D eigenvalue weighted by Crippen LogP contribution is 2.24. The van der Waals surface area contributed by atoms with Gasteiger partial charge in [-0.2, -0.15) is 0 Å². The maximum atomic E-state index is 12.3. The Balaban J connectivity index is 1.94. The number of benzene rings is 1. The monoisotopic (exact) mass is 314 g/mol. The number of hydrogen-bond donors (Lipinski definition) is 0. The molecule has 2 heterocycles. The first-order valence-corrected chi connectivity index (χ1v) is 6.98. The van der Waals surface area contributed by atoms with Crippen molar-refractivity contribution < 1.29 is 14.4 Å². The summed E-state index contributed by atoms with van der Waals surface area (Å²) in [6.07, 6.45) is 0. The topological polar surface area (TPSA) is 67.3 Å². The van der Waals surface area contributed by atoms with E-state index in [1.807, 2.05) is 0 Å². The molecule has 0 aliphatic carbocycles. The van der Waals surface area contributed by atoms with Gasteiger partial charge >= 0.3 is 0 Å². The van der Waals surface area contributed by atoms with Gasteiger partial charge < -0.3 is 0 Å². The van der Waals surface area contributed by atoms with Gasteiger partial charge in [-0.25, -0.2) is 4.98 Å². The number of carbonyl (C=O) groups is 3. The molecule has 0 bridgehead atoms. The van der Waals surface area contributed by atoms with Crippen LogP contribution < -0.4 is 0 Å². The van der Waals surface area contributed by atoms with Crippen molar-refractivity contribution in [2.45, 2.75) is 13.5 Å². The summed E-state index contributed by atoms with van der Waals surface area (Å²) in [4.78, 5) is 41.3. The van der Waals surface area contributed by atoms with E-state index >= 15 is 0 Å². The molecule has 110 valence electrons. The van der Waals surface area contributed by atoms with Crippen molar-refractivity contribution in [3.05, 3.63) is 63.9 Å². The number of hydrogen-bond acceptors (Lipinski definition) is 4. The number of pyridine rings is 1. The van der Waals surface area contributed by atoms with Crippen LogP contribution in [-0.2, 0) is 6.54 Å². The van der Waals surface area contributed by atoms with Gasteiger partial charge in [0.1, 0.15) is 5.69 Å². The van der Waals surface area contributed by atoms with E-state index in [1.165, 1.54) is 19.1 Å². The van der Waals surface area contributed by atoms with E-state index in [0.717, 1.165) is 4.90 Å². The normalized spacial score (nSPS) is 13.5. The first-order valence-electron chi connectivity index (χ1n) is 6.60. The lowest BCUT2D eigenvalue weighted by atomic mass is 10.1. The van der Waals surface area contributed by atoms with Gasteiger partial charge in [-0.1, -0.05) is 23.7 Å². The van der Waals surface area contributed by atoms with Crippen LogP contribution in [0.1, 0.15) is 43.8 Å². The molecule has 2 aromatic rings. The van der Waals surface area contributed by atoms with Crippen LogP contribution in [0.5, 0.6) is 0 Å². The Bertz CT molecular complexity index is 782. The molecule has 0 saturated carbocycles. The highest BCUT2D eigenvalue weighted by molar-refractivity contribution is 6.31. The number of nitrogens with zero attached hydrogens (tertiary/aromatic N) is 2. The summed E-state index contributed by atoms with van der Waals surface area (Å²) in [6, 6.07) is 9.63. The summed E-state index contributed by atoms with van der Waals surface area (Å²) in [5.74, 6) is -0.968. The number of amides is 2. The number of rotatable bonds is 3.